The van der Waals surface area contributed by atoms with Crippen molar-refractivity contribution in [3.63, 3.8) is 0 Å². The van der Waals surface area contributed by atoms with Gasteiger partial charge in [0.1, 0.15) is 0 Å². The molecule has 0 saturated heterocycles. The fourth-order valence-corrected chi connectivity index (χ4v) is 2.34. The highest BCUT2D eigenvalue weighted by Crippen LogP contribution is 2.41. The topological polar surface area (TPSA) is 0 Å². The second-order valence-corrected chi connectivity index (χ2v) is 5.21. The molecule has 0 fully saturated rings. The summed E-state index contributed by atoms with van der Waals surface area (Å²) in [5, 5.41) is -1.42. The van der Waals surface area contributed by atoms with E-state index in [2.05, 4.69) is 6.07 Å². The third kappa shape index (κ3) is 0.755. The molecule has 2 rings (SSSR count). The average Bonchev–Trinajstić information content (AvgIpc) is 2.04. The van der Waals surface area contributed by atoms with E-state index >= 15 is 0 Å². The number of nitrogens with zero attached hydrogens (tertiary/aromatic N) is 1. The predicted molar refractivity (Wildman–Crippen MR) is 57.2 cm³/mol. The molecule has 0 bridgehead atoms. The van der Waals surface area contributed by atoms with E-state index in [-0.39, 0.29) is 0 Å². The number of rotatable bonds is 0. The molecule has 1 heterocycles. The summed E-state index contributed by atoms with van der Waals surface area (Å²) < 4.78 is 0.597. The standard InChI is InChI=1S/C8H10BCl2N/c1-12(2)8-6-4-3-5-7(8)9(12,10)11/h3-6H,1-2H3. The molecule has 0 N–H and O–H groups in total. The van der Waals surface area contributed by atoms with Crippen molar-refractivity contribution < 1.29 is 0 Å². The highest BCUT2D eigenvalue weighted by atomic mass is 35.5. The van der Waals surface area contributed by atoms with Crippen LogP contribution in [0.2, 0.25) is 0 Å². The van der Waals surface area contributed by atoms with Gasteiger partial charge in [-0.15, -0.1) is 0 Å². The minimum Gasteiger partial charge on any atom is -0.458 e. The van der Waals surface area contributed by atoms with E-state index in [0.717, 1.165) is 5.46 Å². The summed E-state index contributed by atoms with van der Waals surface area (Å²) in [4.78, 5) is 0. The van der Waals surface area contributed by atoms with Gasteiger partial charge >= 0.3 is 5.11 Å². The van der Waals surface area contributed by atoms with Gasteiger partial charge in [0.15, 0.2) is 0 Å². The lowest BCUT2D eigenvalue weighted by atomic mass is 9.63. The van der Waals surface area contributed by atoms with E-state index in [4.69, 9.17) is 22.9 Å². The SMILES string of the molecule is C[N+]1(C)c2ccccc2[B-]1(Cl)Cl. The lowest BCUT2D eigenvalue weighted by molar-refractivity contribution is 0.603. The summed E-state index contributed by atoms with van der Waals surface area (Å²) >= 11 is 12.5. The zero-order chi connectivity index (χ0) is 8.98. The zero-order valence-corrected chi connectivity index (χ0v) is 8.60. The Morgan fingerprint density at radius 1 is 1.17 bits per heavy atom. The number of hydrogen-bond donors (Lipinski definition) is 0. The van der Waals surface area contributed by atoms with Gasteiger partial charge in [0.2, 0.25) is 0 Å². The Labute approximate surface area is 82.2 Å². The van der Waals surface area contributed by atoms with Crippen molar-refractivity contribution in [3.05, 3.63) is 24.3 Å². The van der Waals surface area contributed by atoms with Gasteiger partial charge in [-0.2, -0.15) is 0 Å². The molecular weight excluding hydrogens is 192 g/mol. The van der Waals surface area contributed by atoms with Crippen molar-refractivity contribution in [2.24, 2.45) is 0 Å². The van der Waals surface area contributed by atoms with Crippen LogP contribution in [-0.2, 0) is 0 Å². The molecular formula is C8H10BCl2N. The summed E-state index contributed by atoms with van der Waals surface area (Å²) in [7, 11) is 4.06. The monoisotopic (exact) mass is 201 g/mol. The molecule has 1 aliphatic rings. The number of quaternary nitrogens is 1. The maximum atomic E-state index is 6.23. The molecule has 0 radical (unpaired) electrons. The summed E-state index contributed by atoms with van der Waals surface area (Å²) in [6, 6.07) is 8.05. The Morgan fingerprint density at radius 2 is 1.75 bits per heavy atom. The molecule has 64 valence electrons. The molecule has 12 heavy (non-hydrogen) atoms. The van der Waals surface area contributed by atoms with Gasteiger partial charge in [0.25, 0.3) is 0 Å². The second-order valence-electron chi connectivity index (χ2n) is 3.72. The van der Waals surface area contributed by atoms with Crippen molar-refractivity contribution in [2.75, 3.05) is 14.1 Å². The number of hydrogen-bond acceptors (Lipinski definition) is 0. The minimum atomic E-state index is -1.42. The molecule has 1 nitrogen and oxygen atoms in total. The third-order valence-corrected chi connectivity index (χ3v) is 4.19. The van der Waals surface area contributed by atoms with Crippen LogP contribution in [-0.4, -0.2) is 19.2 Å². The number of benzene rings is 1. The molecule has 4 heteroatoms. The normalized spacial score (nSPS) is 22.7. The predicted octanol–water partition coefficient (Wildman–Crippen LogP) is 1.89. The smallest absolute Gasteiger partial charge is 0.414 e. The van der Waals surface area contributed by atoms with Crippen LogP contribution in [0.1, 0.15) is 0 Å². The fraction of sp³-hybridized carbons (Fsp3) is 0.250. The van der Waals surface area contributed by atoms with Crippen LogP contribution >= 0.6 is 22.9 Å². The summed E-state index contributed by atoms with van der Waals surface area (Å²) in [5.74, 6) is 0. The molecule has 0 amide bonds. The molecule has 1 aliphatic heterocycles. The first-order valence-corrected chi connectivity index (χ1v) is 4.80. The summed E-state index contributed by atoms with van der Waals surface area (Å²) in [5.41, 5.74) is 2.31. The Bertz CT molecular complexity index is 303. The molecule has 0 saturated carbocycles. The molecule has 0 unspecified atom stereocenters. The average molecular weight is 202 g/mol. The molecule has 0 atom stereocenters. The van der Waals surface area contributed by atoms with Crippen LogP contribution < -0.4 is 9.86 Å². The van der Waals surface area contributed by atoms with Crippen molar-refractivity contribution in [1.29, 1.82) is 0 Å². The van der Waals surface area contributed by atoms with E-state index in [0.29, 0.717) is 4.39 Å². The zero-order valence-electron chi connectivity index (χ0n) is 7.09. The summed E-state index contributed by atoms with van der Waals surface area (Å²) in [6.07, 6.45) is 0. The van der Waals surface area contributed by atoms with Crippen LogP contribution in [0, 0.1) is 0 Å². The quantitative estimate of drug-likeness (QED) is 0.563. The molecule has 0 spiro atoms. The molecule has 0 aliphatic carbocycles. The second kappa shape index (κ2) is 2.19. The van der Waals surface area contributed by atoms with Gasteiger partial charge in [-0.25, -0.2) is 0 Å². The first-order chi connectivity index (χ1) is 5.48. The molecule has 1 aromatic carbocycles. The van der Waals surface area contributed by atoms with Crippen molar-refractivity contribution in [1.82, 2.24) is 4.39 Å². The van der Waals surface area contributed by atoms with E-state index in [1.165, 1.54) is 5.69 Å². The van der Waals surface area contributed by atoms with Gasteiger partial charge in [-0.3, -0.25) is 22.9 Å². The highest BCUT2D eigenvalue weighted by Gasteiger charge is 2.52. The Balaban J connectivity index is 2.64. The van der Waals surface area contributed by atoms with Crippen LogP contribution in [0.3, 0.4) is 0 Å². The van der Waals surface area contributed by atoms with Crippen LogP contribution in [0.4, 0.5) is 5.69 Å². The molecule has 0 aromatic heterocycles. The largest absolute Gasteiger partial charge is 0.458 e. The molecule has 1 aromatic rings. The first-order valence-electron chi connectivity index (χ1n) is 3.93. The fourth-order valence-electron chi connectivity index (χ4n) is 1.76. The Kier molecular flexibility index (Phi) is 1.54. The van der Waals surface area contributed by atoms with Gasteiger partial charge in [-0.1, -0.05) is 23.7 Å². The number of halogens is 2. The lowest BCUT2D eigenvalue weighted by Gasteiger charge is -2.58. The van der Waals surface area contributed by atoms with Crippen LogP contribution in [0.5, 0.6) is 0 Å². The Morgan fingerprint density at radius 3 is 2.33 bits per heavy atom. The first kappa shape index (κ1) is 8.42. The minimum absolute atomic E-state index is 0.597. The maximum absolute atomic E-state index is 6.23. The highest BCUT2D eigenvalue weighted by molar-refractivity contribution is 7.53. The number of fused-ring (bicyclic) bond motifs is 1. The van der Waals surface area contributed by atoms with Gasteiger partial charge in [-0.05, 0) is 6.07 Å². The number of para-hydroxylation sites is 1. The van der Waals surface area contributed by atoms with E-state index in [9.17, 15) is 0 Å². The Hall–Kier alpha value is -0.175. The van der Waals surface area contributed by atoms with Gasteiger partial charge in [0.05, 0.1) is 5.69 Å². The van der Waals surface area contributed by atoms with Crippen LogP contribution in [0.25, 0.3) is 0 Å². The van der Waals surface area contributed by atoms with Crippen LogP contribution in [0.15, 0.2) is 24.3 Å². The van der Waals surface area contributed by atoms with Crippen molar-refractivity contribution in [2.45, 2.75) is 0 Å². The third-order valence-electron chi connectivity index (χ3n) is 2.74. The van der Waals surface area contributed by atoms with Crippen molar-refractivity contribution >= 4 is 39.2 Å². The maximum Gasteiger partial charge on any atom is 0.414 e. The van der Waals surface area contributed by atoms with E-state index < -0.39 is 5.11 Å². The lowest BCUT2D eigenvalue weighted by Crippen LogP contribution is -2.75. The summed E-state index contributed by atoms with van der Waals surface area (Å²) in [6.45, 7) is 0. The van der Waals surface area contributed by atoms with E-state index in [1.807, 2.05) is 32.3 Å². The van der Waals surface area contributed by atoms with Gasteiger partial charge < -0.3 is 4.39 Å². The van der Waals surface area contributed by atoms with Gasteiger partial charge in [0, 0.05) is 14.1 Å². The van der Waals surface area contributed by atoms with Crippen molar-refractivity contribution in [3.8, 4) is 0 Å². The van der Waals surface area contributed by atoms with E-state index in [1.54, 1.807) is 0 Å².